The van der Waals surface area contributed by atoms with E-state index in [9.17, 15) is 10.1 Å². The van der Waals surface area contributed by atoms with E-state index in [1.165, 1.54) is 12.1 Å². The van der Waals surface area contributed by atoms with Crippen LogP contribution in [0.4, 0.5) is 5.69 Å². The van der Waals surface area contributed by atoms with Gasteiger partial charge in [0.1, 0.15) is 0 Å². The van der Waals surface area contributed by atoms with Gasteiger partial charge in [0.25, 0.3) is 5.69 Å². The van der Waals surface area contributed by atoms with E-state index < -0.39 is 4.92 Å². The van der Waals surface area contributed by atoms with Gasteiger partial charge in [0, 0.05) is 26.2 Å². The first-order valence-corrected chi connectivity index (χ1v) is 4.37. The highest BCUT2D eigenvalue weighted by atomic mass is 16.6. The van der Waals surface area contributed by atoms with Crippen LogP contribution in [-0.4, -0.2) is 14.1 Å². The van der Waals surface area contributed by atoms with Crippen LogP contribution in [0, 0.1) is 15.5 Å². The number of benzene rings is 1. The number of hydrogen-bond acceptors (Lipinski definition) is 3. The summed E-state index contributed by atoms with van der Waals surface area (Å²) in [6.07, 6.45) is 0. The normalized spacial score (nSPS) is 10.8. The first-order valence-electron chi connectivity index (χ1n) is 4.37. The summed E-state index contributed by atoms with van der Waals surface area (Å²) in [5, 5.41) is 18.3. The second-order valence-corrected chi connectivity index (χ2v) is 3.37. The molecule has 0 atom stereocenters. The highest BCUT2D eigenvalue weighted by Crippen LogP contribution is 2.18. The minimum Gasteiger partial charge on any atom is -0.313 e. The number of non-ortho nitro benzene ring substituents is 1. The number of nitro benzene ring substituents is 1. The van der Waals surface area contributed by atoms with Crippen LogP contribution in [0.3, 0.4) is 0 Å². The maximum atomic E-state index is 10.6. The van der Waals surface area contributed by atoms with Gasteiger partial charge in [-0.1, -0.05) is 0 Å². The van der Waals surface area contributed by atoms with Gasteiger partial charge in [0.2, 0.25) is 5.62 Å². The van der Waals surface area contributed by atoms with Crippen molar-refractivity contribution in [3.05, 3.63) is 33.9 Å². The molecule has 0 aliphatic carbocycles. The van der Waals surface area contributed by atoms with Gasteiger partial charge in [-0.25, -0.2) is 0 Å². The van der Waals surface area contributed by atoms with E-state index in [4.69, 9.17) is 5.41 Å². The van der Waals surface area contributed by atoms with Crippen LogP contribution in [0.15, 0.2) is 18.2 Å². The van der Waals surface area contributed by atoms with Crippen molar-refractivity contribution in [3.63, 3.8) is 0 Å². The van der Waals surface area contributed by atoms with Gasteiger partial charge in [0.05, 0.1) is 16.0 Å². The Labute approximate surface area is 85.0 Å². The Balaban J connectivity index is 2.89. The number of nitro groups is 1. The van der Waals surface area contributed by atoms with Crippen molar-refractivity contribution in [2.24, 2.45) is 14.1 Å². The smallest absolute Gasteiger partial charge is 0.271 e. The molecule has 0 aliphatic heterocycles. The average molecular weight is 206 g/mol. The van der Waals surface area contributed by atoms with E-state index in [1.54, 1.807) is 29.3 Å². The van der Waals surface area contributed by atoms with E-state index in [2.05, 4.69) is 0 Å². The average Bonchev–Trinajstić information content (AvgIpc) is 2.44. The lowest BCUT2D eigenvalue weighted by Crippen LogP contribution is -2.19. The molecule has 0 saturated heterocycles. The van der Waals surface area contributed by atoms with Crippen LogP contribution in [0.1, 0.15) is 0 Å². The second kappa shape index (κ2) is 2.94. The van der Waals surface area contributed by atoms with Gasteiger partial charge in [-0.2, -0.15) is 0 Å². The van der Waals surface area contributed by atoms with Crippen molar-refractivity contribution >= 4 is 16.7 Å². The topological polar surface area (TPSA) is 76.8 Å². The second-order valence-electron chi connectivity index (χ2n) is 3.37. The Kier molecular flexibility index (Phi) is 1.85. The van der Waals surface area contributed by atoms with Gasteiger partial charge >= 0.3 is 0 Å². The quantitative estimate of drug-likeness (QED) is 0.556. The first kappa shape index (κ1) is 9.45. The van der Waals surface area contributed by atoms with Crippen molar-refractivity contribution in [1.29, 1.82) is 5.41 Å². The van der Waals surface area contributed by atoms with Crippen LogP contribution in [-0.2, 0) is 14.1 Å². The van der Waals surface area contributed by atoms with Crippen molar-refractivity contribution in [2.45, 2.75) is 0 Å². The molecule has 0 radical (unpaired) electrons. The molecule has 2 rings (SSSR count). The molecule has 0 bridgehead atoms. The number of imidazole rings is 1. The molecule has 78 valence electrons. The monoisotopic (exact) mass is 206 g/mol. The molecule has 0 saturated carbocycles. The van der Waals surface area contributed by atoms with Crippen molar-refractivity contribution in [3.8, 4) is 0 Å². The molecule has 1 aromatic carbocycles. The van der Waals surface area contributed by atoms with Gasteiger partial charge in [-0.3, -0.25) is 15.5 Å². The lowest BCUT2D eigenvalue weighted by atomic mass is 10.3. The van der Waals surface area contributed by atoms with Gasteiger partial charge in [0.15, 0.2) is 0 Å². The number of aromatic nitrogens is 2. The fourth-order valence-electron chi connectivity index (χ4n) is 1.63. The first-order chi connectivity index (χ1) is 7.02. The number of nitrogens with zero attached hydrogens (tertiary/aromatic N) is 3. The Morgan fingerprint density at radius 1 is 1.27 bits per heavy atom. The Bertz CT molecular complexity index is 608. The zero-order chi connectivity index (χ0) is 11.2. The summed E-state index contributed by atoms with van der Waals surface area (Å²) < 4.78 is 3.29. The number of rotatable bonds is 1. The molecule has 0 fully saturated rings. The molecule has 0 aliphatic rings. The molecular formula is C9H10N4O2. The van der Waals surface area contributed by atoms with E-state index in [0.717, 1.165) is 5.52 Å². The maximum absolute atomic E-state index is 10.6. The minimum absolute atomic E-state index is 0.0451. The summed E-state index contributed by atoms with van der Waals surface area (Å²) >= 11 is 0. The molecular weight excluding hydrogens is 196 g/mol. The summed E-state index contributed by atoms with van der Waals surface area (Å²) in [6, 6.07) is 4.58. The van der Waals surface area contributed by atoms with Crippen molar-refractivity contribution < 1.29 is 4.92 Å². The third-order valence-corrected chi connectivity index (χ3v) is 2.53. The highest BCUT2D eigenvalue weighted by Gasteiger charge is 2.11. The van der Waals surface area contributed by atoms with E-state index >= 15 is 0 Å². The van der Waals surface area contributed by atoms with Crippen molar-refractivity contribution in [2.75, 3.05) is 0 Å². The maximum Gasteiger partial charge on any atom is 0.271 e. The molecule has 1 heterocycles. The van der Waals surface area contributed by atoms with E-state index in [-0.39, 0.29) is 5.69 Å². The SMILES string of the molecule is Cn1c(=N)n(C)c2cc([N+](=O)[O-])ccc21. The number of aryl methyl sites for hydroxylation is 2. The summed E-state index contributed by atoms with van der Waals surface area (Å²) in [4.78, 5) is 10.2. The highest BCUT2D eigenvalue weighted by molar-refractivity contribution is 5.78. The minimum atomic E-state index is -0.434. The van der Waals surface area contributed by atoms with Crippen LogP contribution >= 0.6 is 0 Å². The molecule has 2 aromatic rings. The van der Waals surface area contributed by atoms with Crippen LogP contribution in [0.5, 0.6) is 0 Å². The molecule has 0 spiro atoms. The van der Waals surface area contributed by atoms with Crippen LogP contribution in [0.2, 0.25) is 0 Å². The van der Waals surface area contributed by atoms with Crippen molar-refractivity contribution in [1.82, 2.24) is 9.13 Å². The lowest BCUT2D eigenvalue weighted by molar-refractivity contribution is -0.384. The summed E-state index contributed by atoms with van der Waals surface area (Å²) in [6.45, 7) is 0. The fourth-order valence-corrected chi connectivity index (χ4v) is 1.63. The number of nitrogens with one attached hydrogen (secondary N) is 1. The molecule has 0 amide bonds. The molecule has 1 N–H and O–H groups in total. The van der Waals surface area contributed by atoms with E-state index in [0.29, 0.717) is 11.1 Å². The summed E-state index contributed by atoms with van der Waals surface area (Å²) in [5.74, 6) is 0. The van der Waals surface area contributed by atoms with Gasteiger partial charge in [-0.15, -0.1) is 0 Å². The zero-order valence-corrected chi connectivity index (χ0v) is 8.39. The van der Waals surface area contributed by atoms with Crippen LogP contribution < -0.4 is 5.62 Å². The fraction of sp³-hybridized carbons (Fsp3) is 0.222. The number of hydrogen-bond donors (Lipinski definition) is 1. The molecule has 15 heavy (non-hydrogen) atoms. The van der Waals surface area contributed by atoms with Gasteiger partial charge < -0.3 is 9.13 Å². The Morgan fingerprint density at radius 3 is 2.47 bits per heavy atom. The largest absolute Gasteiger partial charge is 0.313 e. The molecule has 1 aromatic heterocycles. The number of fused-ring (bicyclic) bond motifs is 1. The predicted octanol–water partition coefficient (Wildman–Crippen LogP) is 0.904. The zero-order valence-electron chi connectivity index (χ0n) is 8.39. The van der Waals surface area contributed by atoms with Crippen LogP contribution in [0.25, 0.3) is 11.0 Å². The third kappa shape index (κ3) is 1.22. The Hall–Kier alpha value is -2.11. The summed E-state index contributed by atoms with van der Waals surface area (Å²) in [7, 11) is 3.48. The lowest BCUT2D eigenvalue weighted by Gasteiger charge is -1.94. The standard InChI is InChI=1S/C9H10N4O2/c1-11-7-4-3-6(13(14)15)5-8(7)12(2)9(11)10/h3-5,10H,1-2H3. The predicted molar refractivity (Wildman–Crippen MR) is 54.4 cm³/mol. The molecule has 6 nitrogen and oxygen atoms in total. The molecule has 6 heteroatoms. The van der Waals surface area contributed by atoms with Gasteiger partial charge in [-0.05, 0) is 6.07 Å². The third-order valence-electron chi connectivity index (χ3n) is 2.53. The van der Waals surface area contributed by atoms with E-state index in [1.807, 2.05) is 0 Å². The Morgan fingerprint density at radius 2 is 1.87 bits per heavy atom. The molecule has 0 unspecified atom stereocenters. The summed E-state index contributed by atoms with van der Waals surface area (Å²) in [5.41, 5.74) is 1.86.